The van der Waals surface area contributed by atoms with E-state index in [1.54, 1.807) is 11.7 Å². The Morgan fingerprint density at radius 2 is 1.83 bits per heavy atom. The van der Waals surface area contributed by atoms with Crippen LogP contribution in [0.15, 0.2) is 23.0 Å². The smallest absolute Gasteiger partial charge is 0.328 e. The highest BCUT2D eigenvalue weighted by Crippen LogP contribution is 2.32. The van der Waals surface area contributed by atoms with Gasteiger partial charge in [0.1, 0.15) is 11.3 Å². The zero-order valence-electron chi connectivity index (χ0n) is 21.3. The third kappa shape index (κ3) is 5.19. The molecule has 0 radical (unpaired) electrons. The van der Waals surface area contributed by atoms with Gasteiger partial charge >= 0.3 is 11.7 Å². The molecule has 2 aliphatic rings. The summed E-state index contributed by atoms with van der Waals surface area (Å²) < 4.78 is 12.7. The summed E-state index contributed by atoms with van der Waals surface area (Å²) in [5, 5.41) is 3.49. The van der Waals surface area contributed by atoms with Crippen LogP contribution in [0.5, 0.6) is 11.8 Å². The third-order valence-electron chi connectivity index (χ3n) is 7.67. The predicted octanol–water partition coefficient (Wildman–Crippen LogP) is 2.37. The minimum Gasteiger partial charge on any atom is -0.496 e. The first-order valence-corrected chi connectivity index (χ1v) is 13.0. The Kier molecular flexibility index (Phi) is 7.43. The second kappa shape index (κ2) is 10.9. The van der Waals surface area contributed by atoms with Crippen molar-refractivity contribution in [2.24, 2.45) is 11.8 Å². The summed E-state index contributed by atoms with van der Waals surface area (Å²) in [5.74, 6) is 2.71. The van der Waals surface area contributed by atoms with Crippen molar-refractivity contribution in [3.05, 3.63) is 39.8 Å². The number of hydrogen-bond donors (Lipinski definition) is 3. The van der Waals surface area contributed by atoms with Crippen molar-refractivity contribution >= 4 is 17.0 Å². The Labute approximate surface area is 211 Å². The maximum Gasteiger partial charge on any atom is 0.328 e. The number of hydrogen-bond acceptors (Lipinski definition) is 8. The molecule has 0 aliphatic carbocycles. The molecule has 2 aliphatic heterocycles. The first kappa shape index (κ1) is 24.6. The van der Waals surface area contributed by atoms with Gasteiger partial charge in [-0.05, 0) is 82.3 Å². The fourth-order valence-electron chi connectivity index (χ4n) is 5.72. The summed E-state index contributed by atoms with van der Waals surface area (Å²) in [6.07, 6.45) is 5.24. The van der Waals surface area contributed by atoms with Crippen molar-refractivity contribution in [1.82, 2.24) is 29.7 Å². The maximum atomic E-state index is 12.7. The largest absolute Gasteiger partial charge is 0.496 e. The van der Waals surface area contributed by atoms with E-state index in [1.165, 1.54) is 44.3 Å². The average Bonchev–Trinajstić information content (AvgIpc) is 3.21. The Hall–Kier alpha value is -3.11. The minimum atomic E-state index is -0.303. The fourth-order valence-corrected chi connectivity index (χ4v) is 5.72. The van der Waals surface area contributed by atoms with Crippen LogP contribution in [0.1, 0.15) is 43.7 Å². The molecule has 0 atom stereocenters. The van der Waals surface area contributed by atoms with Crippen LogP contribution in [-0.2, 0) is 13.1 Å². The molecule has 3 aromatic rings. The molecule has 10 nitrogen and oxygen atoms in total. The summed E-state index contributed by atoms with van der Waals surface area (Å²) >= 11 is 0. The molecule has 0 unspecified atom stereocenters. The number of piperidine rings is 2. The highest BCUT2D eigenvalue weighted by molar-refractivity contribution is 5.82. The van der Waals surface area contributed by atoms with E-state index in [0.29, 0.717) is 24.3 Å². The summed E-state index contributed by atoms with van der Waals surface area (Å²) in [5.41, 5.74) is 8.66. The van der Waals surface area contributed by atoms with Crippen molar-refractivity contribution in [2.75, 3.05) is 45.6 Å². The number of fused-ring (bicyclic) bond motifs is 1. The van der Waals surface area contributed by atoms with Crippen LogP contribution in [0, 0.1) is 11.8 Å². The number of likely N-dealkylation sites (tertiary alicyclic amines) is 1. The summed E-state index contributed by atoms with van der Waals surface area (Å²) in [4.78, 5) is 26.6. The lowest BCUT2D eigenvalue weighted by molar-refractivity contribution is 0.126. The van der Waals surface area contributed by atoms with E-state index in [-0.39, 0.29) is 17.5 Å². The number of ether oxygens (including phenoxy) is 2. The van der Waals surface area contributed by atoms with E-state index in [0.717, 1.165) is 42.8 Å². The van der Waals surface area contributed by atoms with Gasteiger partial charge in [-0.1, -0.05) is 12.1 Å². The monoisotopic (exact) mass is 495 g/mol. The Balaban J connectivity index is 1.29. The van der Waals surface area contributed by atoms with Crippen molar-refractivity contribution in [3.63, 3.8) is 0 Å². The quantitative estimate of drug-likeness (QED) is 0.435. The molecule has 36 heavy (non-hydrogen) atoms. The zero-order valence-corrected chi connectivity index (χ0v) is 21.3. The van der Waals surface area contributed by atoms with Crippen LogP contribution in [0.4, 0.5) is 5.82 Å². The molecule has 0 bridgehead atoms. The molecule has 2 fully saturated rings. The number of nitrogen functional groups attached to an aromatic ring is 1. The van der Waals surface area contributed by atoms with Crippen molar-refractivity contribution in [2.45, 2.75) is 45.7 Å². The number of aromatic nitrogens is 4. The molecule has 4 N–H and O–H groups in total. The summed E-state index contributed by atoms with van der Waals surface area (Å²) in [6.45, 7) is 8.10. The van der Waals surface area contributed by atoms with Crippen molar-refractivity contribution in [1.29, 1.82) is 0 Å². The molecule has 0 amide bonds. The molecular formula is C26H37N7O3. The standard InChI is InChI=1S/C26H37N7O3/c1-3-36-25-30-23(27)22-24(31-25)33(26(34)29-22)16-20-5-4-17(14-21(20)35-2)15-32-12-8-19(9-13-32)18-6-10-28-11-7-18/h4-5,14,18-19,28H,3,6-13,15-16H2,1-2H3,(H,29,34)(H2,27,30,31). The molecule has 5 rings (SSSR count). The molecule has 2 aromatic heterocycles. The maximum absolute atomic E-state index is 12.7. The van der Waals surface area contributed by atoms with Gasteiger partial charge in [-0.15, -0.1) is 0 Å². The zero-order chi connectivity index (χ0) is 25.1. The van der Waals surface area contributed by atoms with Gasteiger partial charge in [-0.25, -0.2) is 4.79 Å². The van der Waals surface area contributed by atoms with Crippen LogP contribution in [0.3, 0.4) is 0 Å². The topological polar surface area (TPSA) is 123 Å². The predicted molar refractivity (Wildman–Crippen MR) is 139 cm³/mol. The number of methoxy groups -OCH3 is 1. The lowest BCUT2D eigenvalue weighted by Gasteiger charge is -2.37. The van der Waals surface area contributed by atoms with Crippen LogP contribution < -0.4 is 26.2 Å². The highest BCUT2D eigenvalue weighted by atomic mass is 16.5. The number of nitrogens with one attached hydrogen (secondary N) is 2. The van der Waals surface area contributed by atoms with Crippen LogP contribution >= 0.6 is 0 Å². The van der Waals surface area contributed by atoms with Gasteiger partial charge in [0.05, 0.1) is 20.3 Å². The Morgan fingerprint density at radius 3 is 2.56 bits per heavy atom. The number of nitrogens with zero attached hydrogens (tertiary/aromatic N) is 4. The summed E-state index contributed by atoms with van der Waals surface area (Å²) in [7, 11) is 1.67. The van der Waals surface area contributed by atoms with Gasteiger partial charge in [-0.3, -0.25) is 9.47 Å². The van der Waals surface area contributed by atoms with Gasteiger partial charge in [-0.2, -0.15) is 9.97 Å². The molecule has 194 valence electrons. The fraction of sp³-hybridized carbons (Fsp3) is 0.577. The van der Waals surface area contributed by atoms with E-state index in [1.807, 2.05) is 13.0 Å². The SMILES string of the molecule is CCOc1nc(N)c2[nH]c(=O)n(Cc3ccc(CN4CCC(C5CCNCC5)CC4)cc3OC)c2n1. The molecule has 10 heteroatoms. The highest BCUT2D eigenvalue weighted by Gasteiger charge is 2.27. The first-order valence-electron chi connectivity index (χ1n) is 13.0. The first-order chi connectivity index (χ1) is 17.6. The van der Waals surface area contributed by atoms with Gasteiger partial charge in [0, 0.05) is 12.1 Å². The molecule has 4 heterocycles. The Bertz CT molecular complexity index is 1240. The van der Waals surface area contributed by atoms with Crippen LogP contribution in [0.2, 0.25) is 0 Å². The lowest BCUT2D eigenvalue weighted by Crippen LogP contribution is -2.39. The van der Waals surface area contributed by atoms with E-state index in [9.17, 15) is 4.79 Å². The van der Waals surface area contributed by atoms with E-state index in [2.05, 4.69) is 37.3 Å². The van der Waals surface area contributed by atoms with Gasteiger partial charge < -0.3 is 25.5 Å². The number of imidazole rings is 1. The molecule has 1 aromatic carbocycles. The van der Waals surface area contributed by atoms with Crippen molar-refractivity contribution in [3.8, 4) is 11.8 Å². The van der Waals surface area contributed by atoms with Crippen LogP contribution in [-0.4, -0.2) is 64.3 Å². The minimum absolute atomic E-state index is 0.154. The second-order valence-electron chi connectivity index (χ2n) is 9.89. The normalized spacial score (nSPS) is 18.1. The number of aromatic amines is 1. The second-order valence-corrected chi connectivity index (χ2v) is 9.89. The number of H-pyrrole nitrogens is 1. The van der Waals surface area contributed by atoms with Crippen LogP contribution in [0.25, 0.3) is 11.2 Å². The molecular weight excluding hydrogens is 458 g/mol. The molecule has 0 spiro atoms. The van der Waals surface area contributed by atoms with E-state index >= 15 is 0 Å². The molecule has 0 saturated carbocycles. The van der Waals surface area contributed by atoms with Crippen molar-refractivity contribution < 1.29 is 9.47 Å². The Morgan fingerprint density at radius 1 is 1.08 bits per heavy atom. The lowest BCUT2D eigenvalue weighted by atomic mass is 9.79. The van der Waals surface area contributed by atoms with Gasteiger partial charge in [0.25, 0.3) is 0 Å². The van der Waals surface area contributed by atoms with E-state index < -0.39 is 0 Å². The number of nitrogens with two attached hydrogens (primary N) is 1. The number of rotatable bonds is 8. The molecule has 2 saturated heterocycles. The number of benzene rings is 1. The van der Waals surface area contributed by atoms with E-state index in [4.69, 9.17) is 15.2 Å². The third-order valence-corrected chi connectivity index (χ3v) is 7.67. The summed E-state index contributed by atoms with van der Waals surface area (Å²) in [6, 6.07) is 6.41. The van der Waals surface area contributed by atoms with Gasteiger partial charge in [0.15, 0.2) is 11.5 Å². The number of anilines is 1. The average molecular weight is 496 g/mol. The van der Waals surface area contributed by atoms with Gasteiger partial charge in [0.2, 0.25) is 0 Å².